The molecule has 0 rings (SSSR count). The Kier molecular flexibility index (Phi) is 35.5. The molecule has 0 aliphatic heterocycles. The van der Waals surface area contributed by atoms with E-state index in [2.05, 4.69) is 13.8 Å². The van der Waals surface area contributed by atoms with Gasteiger partial charge in [-0.3, -0.25) is 9.59 Å². The highest BCUT2D eigenvalue weighted by Gasteiger charge is 2.14. The van der Waals surface area contributed by atoms with E-state index in [-0.39, 0.29) is 12.1 Å². The van der Waals surface area contributed by atoms with E-state index < -0.39 is 5.97 Å². The molecule has 0 aliphatic rings. The SMILES string of the molecule is CCCCCCCCCCCCCCCCCCCC(=O)OC(CCCCCCC)CCCCCCCCCCCC(=O)O. The first-order chi connectivity index (χ1) is 21.6. The third kappa shape index (κ3) is 35.4. The third-order valence-electron chi connectivity index (χ3n) is 9.33. The van der Waals surface area contributed by atoms with Crippen LogP contribution >= 0.6 is 0 Å². The predicted molar refractivity (Wildman–Crippen MR) is 190 cm³/mol. The Morgan fingerprint density at radius 3 is 1.00 bits per heavy atom. The van der Waals surface area contributed by atoms with Crippen molar-refractivity contribution >= 4 is 11.9 Å². The smallest absolute Gasteiger partial charge is 0.306 e. The molecule has 0 aromatic carbocycles. The Labute approximate surface area is 275 Å². The van der Waals surface area contributed by atoms with E-state index in [1.54, 1.807) is 0 Å². The Bertz CT molecular complexity index is 590. The van der Waals surface area contributed by atoms with Crippen LogP contribution in [0.25, 0.3) is 0 Å². The quantitative estimate of drug-likeness (QED) is 0.0553. The molecule has 262 valence electrons. The van der Waals surface area contributed by atoms with E-state index in [1.807, 2.05) is 0 Å². The first kappa shape index (κ1) is 42.9. The number of carbonyl (C=O) groups is 2. The van der Waals surface area contributed by atoms with Gasteiger partial charge in [0, 0.05) is 12.8 Å². The van der Waals surface area contributed by atoms with E-state index in [0.29, 0.717) is 12.8 Å². The number of carboxylic acid groups (broad SMARTS) is 1. The zero-order valence-electron chi connectivity index (χ0n) is 30.0. The number of carboxylic acids is 1. The predicted octanol–water partition coefficient (Wildman–Crippen LogP) is 13.7. The van der Waals surface area contributed by atoms with Gasteiger partial charge in [0.2, 0.25) is 0 Å². The number of esters is 1. The molecule has 0 bridgehead atoms. The van der Waals surface area contributed by atoms with Crippen molar-refractivity contribution in [3.8, 4) is 0 Å². The van der Waals surface area contributed by atoms with Gasteiger partial charge in [0.15, 0.2) is 0 Å². The zero-order valence-corrected chi connectivity index (χ0v) is 30.0. The summed E-state index contributed by atoms with van der Waals surface area (Å²) < 4.78 is 6.00. The second-order valence-corrected chi connectivity index (χ2v) is 13.8. The van der Waals surface area contributed by atoms with Gasteiger partial charge >= 0.3 is 11.9 Å². The molecular weight excluding hydrogens is 544 g/mol. The molecule has 0 heterocycles. The van der Waals surface area contributed by atoms with Gasteiger partial charge in [-0.25, -0.2) is 0 Å². The lowest BCUT2D eigenvalue weighted by molar-refractivity contribution is -0.150. The Balaban J connectivity index is 3.79. The van der Waals surface area contributed by atoms with Gasteiger partial charge in [0.1, 0.15) is 6.10 Å². The minimum atomic E-state index is -0.676. The van der Waals surface area contributed by atoms with Crippen LogP contribution in [0.2, 0.25) is 0 Å². The number of carbonyl (C=O) groups excluding carboxylic acids is 1. The maximum absolute atomic E-state index is 12.6. The van der Waals surface area contributed by atoms with E-state index in [9.17, 15) is 9.59 Å². The maximum atomic E-state index is 12.6. The van der Waals surface area contributed by atoms with Crippen molar-refractivity contribution in [1.82, 2.24) is 0 Å². The highest BCUT2D eigenvalue weighted by Crippen LogP contribution is 2.19. The summed E-state index contributed by atoms with van der Waals surface area (Å²) in [5.41, 5.74) is 0. The third-order valence-corrected chi connectivity index (χ3v) is 9.33. The van der Waals surface area contributed by atoms with Crippen LogP contribution in [0.4, 0.5) is 0 Å². The molecule has 0 fully saturated rings. The highest BCUT2D eigenvalue weighted by molar-refractivity contribution is 5.69. The van der Waals surface area contributed by atoms with Crippen LogP contribution in [0.5, 0.6) is 0 Å². The van der Waals surface area contributed by atoms with Crippen molar-refractivity contribution in [2.45, 2.75) is 245 Å². The van der Waals surface area contributed by atoms with Crippen LogP contribution in [0, 0.1) is 0 Å². The van der Waals surface area contributed by atoms with E-state index in [0.717, 1.165) is 51.4 Å². The molecule has 0 aromatic rings. The number of hydrogen-bond donors (Lipinski definition) is 1. The summed E-state index contributed by atoms with van der Waals surface area (Å²) in [7, 11) is 0. The van der Waals surface area contributed by atoms with Crippen molar-refractivity contribution in [2.75, 3.05) is 0 Å². The standard InChI is InChI=1S/C40H78O4/c1-3-5-7-9-10-11-12-13-14-15-16-17-18-22-25-29-33-37-40(43)44-38(34-30-26-8-6-4-2)35-31-27-23-20-19-21-24-28-32-36-39(41)42/h38H,3-37H2,1-2H3,(H,41,42). The second-order valence-electron chi connectivity index (χ2n) is 13.8. The number of hydrogen-bond acceptors (Lipinski definition) is 3. The molecule has 4 nitrogen and oxygen atoms in total. The Hall–Kier alpha value is -1.06. The van der Waals surface area contributed by atoms with Gasteiger partial charge < -0.3 is 9.84 Å². The van der Waals surface area contributed by atoms with Crippen LogP contribution in [0.3, 0.4) is 0 Å². The van der Waals surface area contributed by atoms with Gasteiger partial charge in [0.25, 0.3) is 0 Å². The summed E-state index contributed by atoms with van der Waals surface area (Å²) in [5.74, 6) is -0.641. The van der Waals surface area contributed by atoms with Crippen molar-refractivity contribution in [3.63, 3.8) is 0 Å². The largest absolute Gasteiger partial charge is 0.481 e. The average Bonchev–Trinajstić information content (AvgIpc) is 3.00. The normalized spacial score (nSPS) is 12.0. The van der Waals surface area contributed by atoms with Crippen LogP contribution in [-0.2, 0) is 14.3 Å². The van der Waals surface area contributed by atoms with E-state index in [4.69, 9.17) is 9.84 Å². The molecule has 0 saturated carbocycles. The fourth-order valence-corrected chi connectivity index (χ4v) is 6.36. The molecule has 0 saturated heterocycles. The minimum Gasteiger partial charge on any atom is -0.481 e. The highest BCUT2D eigenvalue weighted by atomic mass is 16.5. The molecule has 44 heavy (non-hydrogen) atoms. The van der Waals surface area contributed by atoms with Crippen LogP contribution in [-0.4, -0.2) is 23.1 Å². The number of rotatable bonds is 37. The van der Waals surface area contributed by atoms with Gasteiger partial charge in [0.05, 0.1) is 0 Å². The zero-order chi connectivity index (χ0) is 32.2. The lowest BCUT2D eigenvalue weighted by Crippen LogP contribution is -2.18. The molecule has 0 amide bonds. The van der Waals surface area contributed by atoms with Crippen LogP contribution in [0.15, 0.2) is 0 Å². The van der Waals surface area contributed by atoms with Crippen molar-refractivity contribution < 1.29 is 19.4 Å². The molecule has 0 aliphatic carbocycles. The Morgan fingerprint density at radius 1 is 0.409 bits per heavy atom. The number of unbranched alkanes of at least 4 members (excludes halogenated alkanes) is 28. The van der Waals surface area contributed by atoms with Gasteiger partial charge in [-0.2, -0.15) is 0 Å². The fourth-order valence-electron chi connectivity index (χ4n) is 6.36. The van der Waals surface area contributed by atoms with Gasteiger partial charge in [-0.05, 0) is 38.5 Å². The fraction of sp³-hybridized carbons (Fsp3) is 0.950. The van der Waals surface area contributed by atoms with Crippen molar-refractivity contribution in [3.05, 3.63) is 0 Å². The summed E-state index contributed by atoms with van der Waals surface area (Å²) in [6.45, 7) is 4.54. The average molecular weight is 623 g/mol. The molecule has 1 atom stereocenters. The molecule has 1 unspecified atom stereocenters. The summed E-state index contributed by atoms with van der Waals surface area (Å²) in [6.07, 6.45) is 42.9. The summed E-state index contributed by atoms with van der Waals surface area (Å²) >= 11 is 0. The molecule has 1 N–H and O–H groups in total. The molecule has 0 radical (unpaired) electrons. The second kappa shape index (κ2) is 36.4. The van der Waals surface area contributed by atoms with Gasteiger partial charge in [-0.15, -0.1) is 0 Å². The first-order valence-corrected chi connectivity index (χ1v) is 20.0. The molecule has 0 aromatic heterocycles. The van der Waals surface area contributed by atoms with E-state index in [1.165, 1.54) is 161 Å². The first-order valence-electron chi connectivity index (χ1n) is 20.0. The summed E-state index contributed by atoms with van der Waals surface area (Å²) in [4.78, 5) is 23.2. The lowest BCUT2D eigenvalue weighted by Gasteiger charge is -2.18. The summed E-state index contributed by atoms with van der Waals surface area (Å²) in [6, 6.07) is 0. The van der Waals surface area contributed by atoms with Crippen LogP contribution in [0.1, 0.15) is 239 Å². The number of ether oxygens (including phenoxy) is 1. The van der Waals surface area contributed by atoms with Crippen molar-refractivity contribution in [1.29, 1.82) is 0 Å². The Morgan fingerprint density at radius 2 is 0.682 bits per heavy atom. The topological polar surface area (TPSA) is 63.6 Å². The lowest BCUT2D eigenvalue weighted by atomic mass is 10.0. The monoisotopic (exact) mass is 623 g/mol. The minimum absolute atomic E-state index is 0.0346. The van der Waals surface area contributed by atoms with Gasteiger partial charge in [-0.1, -0.05) is 187 Å². The molecule has 0 spiro atoms. The molecule has 4 heteroatoms. The maximum Gasteiger partial charge on any atom is 0.306 e. The van der Waals surface area contributed by atoms with Crippen LogP contribution < -0.4 is 0 Å². The summed E-state index contributed by atoms with van der Waals surface area (Å²) in [5, 5.41) is 8.71. The number of aliphatic carboxylic acids is 1. The molecular formula is C40H78O4. The van der Waals surface area contributed by atoms with E-state index >= 15 is 0 Å². The van der Waals surface area contributed by atoms with Crippen molar-refractivity contribution in [2.24, 2.45) is 0 Å².